The van der Waals surface area contributed by atoms with Gasteiger partial charge in [-0.25, -0.2) is 0 Å². The predicted octanol–water partition coefficient (Wildman–Crippen LogP) is 2.32. The maximum Gasteiger partial charge on any atom is 0.243 e. The van der Waals surface area contributed by atoms with Gasteiger partial charge in [0, 0.05) is 23.8 Å². The highest BCUT2D eigenvalue weighted by Gasteiger charge is 2.26. The third kappa shape index (κ3) is 2.35. The average Bonchev–Trinajstić information content (AvgIpc) is 3.05. The van der Waals surface area contributed by atoms with Crippen LogP contribution in [0.2, 0.25) is 0 Å². The highest BCUT2D eigenvalue weighted by Crippen LogP contribution is 2.31. The number of nitrogens with zero attached hydrogens (tertiary/aromatic N) is 4. The van der Waals surface area contributed by atoms with Gasteiger partial charge in [0.05, 0.1) is 12.2 Å². The van der Waals surface area contributed by atoms with Crippen LogP contribution in [0.3, 0.4) is 0 Å². The normalized spacial score (nSPS) is 19.9. The molecule has 0 aliphatic heterocycles. The zero-order valence-corrected chi connectivity index (χ0v) is 12.3. The Balaban J connectivity index is 1.77. The van der Waals surface area contributed by atoms with E-state index in [9.17, 15) is 0 Å². The lowest BCUT2D eigenvalue weighted by Gasteiger charge is -2.26. The monoisotopic (exact) mass is 275 g/mol. The van der Waals surface area contributed by atoms with Gasteiger partial charge in [-0.3, -0.25) is 10.00 Å². The maximum atomic E-state index is 5.24. The van der Waals surface area contributed by atoms with Crippen LogP contribution in [0.1, 0.15) is 61.7 Å². The molecule has 1 aliphatic rings. The van der Waals surface area contributed by atoms with Gasteiger partial charge < -0.3 is 4.52 Å². The molecule has 0 unspecified atom stereocenters. The van der Waals surface area contributed by atoms with E-state index in [0.29, 0.717) is 17.8 Å². The molecule has 2 aromatic heterocycles. The fraction of sp³-hybridized carbons (Fsp3) is 0.643. The highest BCUT2D eigenvalue weighted by molar-refractivity contribution is 5.25. The molecule has 0 radical (unpaired) electrons. The molecule has 2 heterocycles. The second-order valence-electron chi connectivity index (χ2n) is 5.38. The van der Waals surface area contributed by atoms with Crippen LogP contribution in [0.25, 0.3) is 0 Å². The summed E-state index contributed by atoms with van der Waals surface area (Å²) in [5, 5.41) is 11.9. The molecule has 0 aromatic carbocycles. The van der Waals surface area contributed by atoms with Crippen molar-refractivity contribution >= 4 is 0 Å². The summed E-state index contributed by atoms with van der Waals surface area (Å²) in [4.78, 5) is 4.29. The Kier molecular flexibility index (Phi) is 3.56. The van der Waals surface area contributed by atoms with Crippen LogP contribution in [0.15, 0.2) is 10.7 Å². The van der Waals surface area contributed by atoms with E-state index in [1.54, 1.807) is 0 Å². The van der Waals surface area contributed by atoms with Crippen molar-refractivity contribution in [3.05, 3.63) is 29.2 Å². The van der Waals surface area contributed by atoms with Crippen LogP contribution in [0.4, 0.5) is 0 Å². The second-order valence-corrected chi connectivity index (χ2v) is 5.38. The Labute approximate surface area is 118 Å². The van der Waals surface area contributed by atoms with Gasteiger partial charge in [0.2, 0.25) is 5.89 Å². The molecule has 0 spiro atoms. The SMILES string of the molecule is CCn1ncc2c1CCC[C@H]2N[C@H](C)c1nc(C)no1. The van der Waals surface area contributed by atoms with Crippen molar-refractivity contribution < 1.29 is 4.52 Å². The number of fused-ring (bicyclic) bond motifs is 1. The first-order chi connectivity index (χ1) is 9.69. The second kappa shape index (κ2) is 5.36. The van der Waals surface area contributed by atoms with E-state index < -0.39 is 0 Å². The van der Waals surface area contributed by atoms with Gasteiger partial charge in [0.15, 0.2) is 5.82 Å². The van der Waals surface area contributed by atoms with Gasteiger partial charge in [0.25, 0.3) is 0 Å². The zero-order valence-electron chi connectivity index (χ0n) is 12.3. The molecule has 0 bridgehead atoms. The number of hydrogen-bond donors (Lipinski definition) is 1. The molecule has 0 saturated carbocycles. The first kappa shape index (κ1) is 13.3. The van der Waals surface area contributed by atoms with Gasteiger partial charge in [-0.2, -0.15) is 10.1 Å². The van der Waals surface area contributed by atoms with E-state index in [1.165, 1.54) is 17.7 Å². The quantitative estimate of drug-likeness (QED) is 0.927. The molecule has 20 heavy (non-hydrogen) atoms. The van der Waals surface area contributed by atoms with E-state index in [-0.39, 0.29) is 6.04 Å². The van der Waals surface area contributed by atoms with Gasteiger partial charge in [0.1, 0.15) is 0 Å². The molecule has 108 valence electrons. The van der Waals surface area contributed by atoms with Crippen LogP contribution in [0, 0.1) is 6.92 Å². The molecule has 6 nitrogen and oxygen atoms in total. The fourth-order valence-electron chi connectivity index (χ4n) is 2.93. The van der Waals surface area contributed by atoms with E-state index in [2.05, 4.69) is 39.1 Å². The fourth-order valence-corrected chi connectivity index (χ4v) is 2.93. The Morgan fingerprint density at radius 2 is 2.40 bits per heavy atom. The lowest BCUT2D eigenvalue weighted by molar-refractivity contribution is 0.312. The third-order valence-electron chi connectivity index (χ3n) is 3.93. The molecule has 2 aromatic rings. The summed E-state index contributed by atoms with van der Waals surface area (Å²) in [7, 11) is 0. The van der Waals surface area contributed by atoms with Crippen LogP contribution in [0.5, 0.6) is 0 Å². The minimum atomic E-state index is 0.0529. The Bertz CT molecular complexity index is 588. The van der Waals surface area contributed by atoms with Crippen molar-refractivity contribution in [2.75, 3.05) is 0 Å². The number of hydrogen-bond acceptors (Lipinski definition) is 5. The third-order valence-corrected chi connectivity index (χ3v) is 3.93. The molecule has 1 N–H and O–H groups in total. The smallest absolute Gasteiger partial charge is 0.243 e. The number of aryl methyl sites for hydroxylation is 2. The van der Waals surface area contributed by atoms with Crippen LogP contribution in [-0.2, 0) is 13.0 Å². The molecule has 1 aliphatic carbocycles. The minimum Gasteiger partial charge on any atom is -0.338 e. The minimum absolute atomic E-state index is 0.0529. The summed E-state index contributed by atoms with van der Waals surface area (Å²) < 4.78 is 7.34. The van der Waals surface area contributed by atoms with Crippen molar-refractivity contribution in [3.8, 4) is 0 Å². The van der Waals surface area contributed by atoms with Crippen molar-refractivity contribution in [3.63, 3.8) is 0 Å². The number of rotatable bonds is 4. The lowest BCUT2D eigenvalue weighted by Crippen LogP contribution is -2.28. The molecule has 2 atom stereocenters. The predicted molar refractivity (Wildman–Crippen MR) is 74.2 cm³/mol. The van der Waals surface area contributed by atoms with Gasteiger partial charge in [-0.05, 0) is 40.0 Å². The topological polar surface area (TPSA) is 68.8 Å². The summed E-state index contributed by atoms with van der Waals surface area (Å²) in [5.41, 5.74) is 2.69. The number of aromatic nitrogens is 4. The number of nitrogens with one attached hydrogen (secondary N) is 1. The molecule has 3 rings (SSSR count). The van der Waals surface area contributed by atoms with Gasteiger partial charge >= 0.3 is 0 Å². The van der Waals surface area contributed by atoms with E-state index >= 15 is 0 Å². The summed E-state index contributed by atoms with van der Waals surface area (Å²) in [5.74, 6) is 1.33. The summed E-state index contributed by atoms with van der Waals surface area (Å²) in [6.07, 6.45) is 5.43. The zero-order chi connectivity index (χ0) is 14.1. The molecule has 6 heteroatoms. The van der Waals surface area contributed by atoms with E-state index in [1.807, 2.05) is 13.1 Å². The van der Waals surface area contributed by atoms with Crippen molar-refractivity contribution in [1.29, 1.82) is 0 Å². The summed E-state index contributed by atoms with van der Waals surface area (Å²) >= 11 is 0. The largest absolute Gasteiger partial charge is 0.338 e. The Morgan fingerprint density at radius 3 is 3.10 bits per heavy atom. The standard InChI is InChI=1S/C14H21N5O/c1-4-19-13-7-5-6-12(11(13)8-15-19)16-9(2)14-17-10(3)18-20-14/h8-9,12,16H,4-7H2,1-3H3/t9-,12-/m1/s1. The first-order valence-corrected chi connectivity index (χ1v) is 7.30. The summed E-state index contributed by atoms with van der Waals surface area (Å²) in [6.45, 7) is 6.96. The first-order valence-electron chi connectivity index (χ1n) is 7.30. The lowest BCUT2D eigenvalue weighted by atomic mass is 9.92. The molecular formula is C14H21N5O. The Hall–Kier alpha value is -1.69. The molecule has 0 saturated heterocycles. The Morgan fingerprint density at radius 1 is 1.55 bits per heavy atom. The maximum absolute atomic E-state index is 5.24. The highest BCUT2D eigenvalue weighted by atomic mass is 16.5. The van der Waals surface area contributed by atoms with Gasteiger partial charge in [-0.1, -0.05) is 5.16 Å². The van der Waals surface area contributed by atoms with Crippen LogP contribution >= 0.6 is 0 Å². The summed E-state index contributed by atoms with van der Waals surface area (Å²) in [6, 6.07) is 0.374. The molecular weight excluding hydrogens is 254 g/mol. The van der Waals surface area contributed by atoms with Crippen LogP contribution < -0.4 is 5.32 Å². The van der Waals surface area contributed by atoms with E-state index in [0.717, 1.165) is 19.4 Å². The molecule has 0 fully saturated rings. The van der Waals surface area contributed by atoms with E-state index in [4.69, 9.17) is 4.52 Å². The van der Waals surface area contributed by atoms with Gasteiger partial charge in [-0.15, -0.1) is 0 Å². The van der Waals surface area contributed by atoms with Crippen molar-refractivity contribution in [1.82, 2.24) is 25.2 Å². The van der Waals surface area contributed by atoms with Crippen molar-refractivity contribution in [2.45, 2.75) is 58.7 Å². The van der Waals surface area contributed by atoms with Crippen molar-refractivity contribution in [2.24, 2.45) is 0 Å². The van der Waals surface area contributed by atoms with Crippen LogP contribution in [-0.4, -0.2) is 19.9 Å². The molecule has 0 amide bonds. The average molecular weight is 275 g/mol.